The molecule has 17 heavy (non-hydrogen) atoms. The third-order valence-electron chi connectivity index (χ3n) is 2.50. The van der Waals surface area contributed by atoms with Crippen molar-refractivity contribution in [3.8, 4) is 17.1 Å². The molecule has 1 aromatic carbocycles. The molecule has 0 bridgehead atoms. The van der Waals surface area contributed by atoms with E-state index < -0.39 is 19.8 Å². The molecule has 0 aliphatic rings. The summed E-state index contributed by atoms with van der Waals surface area (Å²) in [6.07, 6.45) is 1.85. The van der Waals surface area contributed by atoms with E-state index >= 15 is 0 Å². The summed E-state index contributed by atoms with van der Waals surface area (Å²) >= 11 is -1.42. The number of ether oxygens (including phenoxy) is 1. The molecule has 87 valence electrons. The predicted molar refractivity (Wildman–Crippen MR) is 71.1 cm³/mol. The van der Waals surface area contributed by atoms with Crippen LogP contribution in [-0.2, 0) is 0 Å². The van der Waals surface area contributed by atoms with Crippen LogP contribution in [0.2, 0.25) is 9.88 Å². The van der Waals surface area contributed by atoms with Crippen molar-refractivity contribution in [2.45, 2.75) is 9.88 Å². The van der Waals surface area contributed by atoms with E-state index in [0.29, 0.717) is 0 Å². The van der Waals surface area contributed by atoms with Gasteiger partial charge in [0.1, 0.15) is 0 Å². The minimum atomic E-state index is -1.42. The topological polar surface area (TPSA) is 35.0 Å². The Morgan fingerprint density at radius 3 is 2.71 bits per heavy atom. The molecule has 0 aliphatic heterocycles. The zero-order valence-electron chi connectivity index (χ0n) is 10.3. The van der Waals surface area contributed by atoms with Gasteiger partial charge in [0.25, 0.3) is 0 Å². The maximum absolute atomic E-state index is 5.21. The number of benzene rings is 1. The normalized spacial score (nSPS) is 10.6. The van der Waals surface area contributed by atoms with E-state index in [1.165, 1.54) is 3.71 Å². The first kappa shape index (κ1) is 12.4. The third kappa shape index (κ3) is 2.97. The van der Waals surface area contributed by atoms with Crippen molar-refractivity contribution in [2.24, 2.45) is 0 Å². The Balaban J connectivity index is 2.41. The van der Waals surface area contributed by atoms with E-state index in [4.69, 9.17) is 4.74 Å². The molecule has 1 aromatic heterocycles. The number of aromatic nitrogens is 2. The van der Waals surface area contributed by atoms with Crippen LogP contribution in [0.15, 0.2) is 36.5 Å². The number of nitrogens with zero attached hydrogens (tertiary/aromatic N) is 2. The molecule has 0 spiro atoms. The third-order valence-corrected chi connectivity index (χ3v) is 6.21. The molecule has 1 radical (unpaired) electrons. The Morgan fingerprint density at radius 2 is 2.00 bits per heavy atom. The van der Waals surface area contributed by atoms with Crippen LogP contribution in [0.25, 0.3) is 11.4 Å². The van der Waals surface area contributed by atoms with Crippen LogP contribution in [0, 0.1) is 0 Å². The molecule has 0 saturated carbocycles. The number of rotatable bonds is 3. The van der Waals surface area contributed by atoms with Crippen LogP contribution in [0.1, 0.15) is 0 Å². The van der Waals surface area contributed by atoms with Crippen molar-refractivity contribution in [1.29, 1.82) is 0 Å². The van der Waals surface area contributed by atoms with Crippen LogP contribution < -0.4 is 8.45 Å². The molecule has 4 heteroatoms. The summed E-state index contributed by atoms with van der Waals surface area (Å²) in [7, 11) is 1.67. The van der Waals surface area contributed by atoms with Crippen molar-refractivity contribution < 1.29 is 4.74 Å². The molecule has 0 fully saturated rings. The van der Waals surface area contributed by atoms with Gasteiger partial charge in [-0.25, -0.2) is 0 Å². The SMILES string of the molecule is COc1cccc(-c2ncc[c]([Sn]([CH3])[CH3])n2)c1. The molecule has 2 rings (SSSR count). The molecular formula is C13H15N2OSn. The van der Waals surface area contributed by atoms with Crippen LogP contribution >= 0.6 is 0 Å². The van der Waals surface area contributed by atoms with Gasteiger partial charge in [-0.15, -0.1) is 0 Å². The zero-order valence-corrected chi connectivity index (χ0v) is 13.1. The van der Waals surface area contributed by atoms with Gasteiger partial charge in [-0.05, 0) is 0 Å². The Hall–Kier alpha value is -1.10. The minimum absolute atomic E-state index is 0.795. The second-order valence-electron chi connectivity index (χ2n) is 4.00. The van der Waals surface area contributed by atoms with Crippen molar-refractivity contribution in [3.05, 3.63) is 36.5 Å². The average Bonchev–Trinajstić information content (AvgIpc) is 2.39. The summed E-state index contributed by atoms with van der Waals surface area (Å²) in [4.78, 5) is 13.6. The summed E-state index contributed by atoms with van der Waals surface area (Å²) < 4.78 is 6.46. The van der Waals surface area contributed by atoms with E-state index in [-0.39, 0.29) is 0 Å². The fourth-order valence-corrected chi connectivity index (χ4v) is 3.64. The number of hydrogen-bond donors (Lipinski definition) is 0. The molecule has 2 aromatic rings. The average molecular weight is 334 g/mol. The standard InChI is InChI=1S/C11H9N2O.2CH3.Sn/c1-14-10-5-2-4-9(8-10)11-12-6-3-7-13-11;;;/h2-6,8H,1H3;2*1H3;. The van der Waals surface area contributed by atoms with Crippen molar-refractivity contribution >= 4 is 23.5 Å². The molecule has 0 saturated heterocycles. The first-order chi connectivity index (χ1) is 8.20. The summed E-state index contributed by atoms with van der Waals surface area (Å²) in [5.74, 6) is 1.63. The van der Waals surface area contributed by atoms with Crippen molar-refractivity contribution in [3.63, 3.8) is 0 Å². The van der Waals surface area contributed by atoms with Gasteiger partial charge in [-0.3, -0.25) is 0 Å². The molecule has 0 atom stereocenters. The first-order valence-electron chi connectivity index (χ1n) is 5.48. The van der Waals surface area contributed by atoms with Gasteiger partial charge in [0.15, 0.2) is 0 Å². The molecule has 1 heterocycles. The van der Waals surface area contributed by atoms with Gasteiger partial charge in [-0.2, -0.15) is 0 Å². The van der Waals surface area contributed by atoms with Gasteiger partial charge >= 0.3 is 109 Å². The first-order valence-corrected chi connectivity index (χ1v) is 12.6. The van der Waals surface area contributed by atoms with Gasteiger partial charge in [0.05, 0.1) is 0 Å². The molecule has 0 amide bonds. The van der Waals surface area contributed by atoms with Crippen LogP contribution in [0.3, 0.4) is 0 Å². The Bertz CT molecular complexity index is 514. The van der Waals surface area contributed by atoms with E-state index in [1.54, 1.807) is 7.11 Å². The van der Waals surface area contributed by atoms with Crippen LogP contribution in [0.5, 0.6) is 5.75 Å². The molecule has 0 N–H and O–H groups in total. The Labute approximate surface area is 109 Å². The molecule has 3 nitrogen and oxygen atoms in total. The second kappa shape index (κ2) is 5.49. The van der Waals surface area contributed by atoms with E-state index in [1.807, 2.05) is 36.5 Å². The van der Waals surface area contributed by atoms with Gasteiger partial charge in [-0.1, -0.05) is 0 Å². The van der Waals surface area contributed by atoms with E-state index in [9.17, 15) is 0 Å². The monoisotopic (exact) mass is 335 g/mol. The molecule has 0 aliphatic carbocycles. The fourth-order valence-electron chi connectivity index (χ4n) is 1.54. The Kier molecular flexibility index (Phi) is 3.99. The van der Waals surface area contributed by atoms with E-state index in [2.05, 4.69) is 19.8 Å². The second-order valence-corrected chi connectivity index (χ2v) is 11.2. The summed E-state index contributed by atoms with van der Waals surface area (Å²) in [6, 6.07) is 9.90. The summed E-state index contributed by atoms with van der Waals surface area (Å²) in [5.41, 5.74) is 1.01. The number of hydrogen-bond acceptors (Lipinski definition) is 3. The predicted octanol–water partition coefficient (Wildman–Crippen LogP) is 2.11. The maximum atomic E-state index is 5.21. The fraction of sp³-hybridized carbons (Fsp3) is 0.231. The van der Waals surface area contributed by atoms with Gasteiger partial charge in [0.2, 0.25) is 0 Å². The van der Waals surface area contributed by atoms with E-state index in [0.717, 1.165) is 17.1 Å². The van der Waals surface area contributed by atoms with Gasteiger partial charge in [0, 0.05) is 0 Å². The molecule has 0 unspecified atom stereocenters. The van der Waals surface area contributed by atoms with Crippen molar-refractivity contribution in [2.75, 3.05) is 7.11 Å². The Morgan fingerprint density at radius 1 is 1.18 bits per heavy atom. The van der Waals surface area contributed by atoms with Crippen LogP contribution in [-0.4, -0.2) is 36.8 Å². The summed E-state index contributed by atoms with van der Waals surface area (Å²) in [6.45, 7) is 0. The zero-order chi connectivity index (χ0) is 12.3. The van der Waals surface area contributed by atoms with Crippen LogP contribution in [0.4, 0.5) is 0 Å². The molecular weight excluding hydrogens is 319 g/mol. The summed E-state index contributed by atoms with van der Waals surface area (Å²) in [5, 5.41) is 0. The number of methoxy groups -OCH3 is 1. The van der Waals surface area contributed by atoms with Crippen molar-refractivity contribution in [1.82, 2.24) is 9.97 Å². The van der Waals surface area contributed by atoms with Gasteiger partial charge < -0.3 is 0 Å². The quantitative estimate of drug-likeness (QED) is 0.807.